The highest BCUT2D eigenvalue weighted by Crippen LogP contribution is 2.26. The summed E-state index contributed by atoms with van der Waals surface area (Å²) in [5, 5.41) is 5.90. The van der Waals surface area contributed by atoms with Crippen LogP contribution in [0.4, 0.5) is 10.5 Å². The molecule has 0 spiro atoms. The lowest BCUT2D eigenvalue weighted by Gasteiger charge is -2.33. The lowest BCUT2D eigenvalue weighted by atomic mass is 9.82. The summed E-state index contributed by atoms with van der Waals surface area (Å²) in [6, 6.07) is 7.38. The maximum atomic E-state index is 12.1. The molecule has 1 aromatic rings. The highest BCUT2D eigenvalue weighted by atomic mass is 16.2. The van der Waals surface area contributed by atoms with E-state index >= 15 is 0 Å². The number of urea groups is 1. The number of rotatable bonds is 4. The van der Waals surface area contributed by atoms with Crippen LogP contribution in [-0.2, 0) is 0 Å². The fourth-order valence-corrected chi connectivity index (χ4v) is 2.74. The van der Waals surface area contributed by atoms with Crippen molar-refractivity contribution >= 4 is 11.7 Å². The van der Waals surface area contributed by atoms with Gasteiger partial charge in [0.25, 0.3) is 0 Å². The van der Waals surface area contributed by atoms with Crippen molar-refractivity contribution in [1.29, 1.82) is 0 Å². The summed E-state index contributed by atoms with van der Waals surface area (Å²) in [6.45, 7) is 12.5. The van der Waals surface area contributed by atoms with Gasteiger partial charge in [0, 0.05) is 17.3 Å². The first kappa shape index (κ1) is 17.5. The second-order valence-corrected chi connectivity index (χ2v) is 7.61. The second-order valence-electron chi connectivity index (χ2n) is 7.61. The zero-order valence-corrected chi connectivity index (χ0v) is 14.1. The number of carbonyl (C=O) groups is 1. The Bertz CT molecular complexity index is 487. The lowest BCUT2D eigenvalue weighted by molar-refractivity contribution is 0.220. The molecular weight excluding hydrogens is 262 g/mol. The summed E-state index contributed by atoms with van der Waals surface area (Å²) in [5.41, 5.74) is 7.51. The van der Waals surface area contributed by atoms with Crippen molar-refractivity contribution in [3.8, 4) is 0 Å². The minimum Gasteiger partial charge on any atom is -0.333 e. The van der Waals surface area contributed by atoms with E-state index in [1.807, 2.05) is 45.0 Å². The molecule has 21 heavy (non-hydrogen) atoms. The fraction of sp³-hybridized carbons (Fsp3) is 0.588. The largest absolute Gasteiger partial charge is 0.333 e. The van der Waals surface area contributed by atoms with E-state index in [2.05, 4.69) is 31.4 Å². The quantitative estimate of drug-likeness (QED) is 0.783. The third-order valence-electron chi connectivity index (χ3n) is 3.09. The van der Waals surface area contributed by atoms with E-state index in [0.717, 1.165) is 17.7 Å². The van der Waals surface area contributed by atoms with Crippen molar-refractivity contribution in [2.75, 3.05) is 5.32 Å². The molecule has 1 unspecified atom stereocenters. The van der Waals surface area contributed by atoms with Crippen LogP contribution in [0.15, 0.2) is 24.3 Å². The first-order valence-electron chi connectivity index (χ1n) is 7.43. The van der Waals surface area contributed by atoms with E-state index in [1.165, 1.54) is 0 Å². The van der Waals surface area contributed by atoms with Crippen LogP contribution in [0.1, 0.15) is 59.6 Å². The third kappa shape index (κ3) is 6.63. The number of benzene rings is 1. The summed E-state index contributed by atoms with van der Waals surface area (Å²) in [7, 11) is 0. The number of carbonyl (C=O) groups excluding carboxylic acids is 1. The van der Waals surface area contributed by atoms with Crippen LogP contribution in [0.5, 0.6) is 0 Å². The molecule has 0 heterocycles. The maximum absolute atomic E-state index is 12.1. The number of nitrogens with two attached hydrogens (primary N) is 1. The van der Waals surface area contributed by atoms with Gasteiger partial charge >= 0.3 is 6.03 Å². The molecule has 2 amide bonds. The highest BCUT2D eigenvalue weighted by molar-refractivity contribution is 5.89. The molecular formula is C17H29N3O. The van der Waals surface area contributed by atoms with Crippen molar-refractivity contribution in [3.63, 3.8) is 0 Å². The van der Waals surface area contributed by atoms with Gasteiger partial charge in [0.15, 0.2) is 0 Å². The first-order chi connectivity index (χ1) is 9.48. The molecule has 0 saturated carbocycles. The van der Waals surface area contributed by atoms with Crippen molar-refractivity contribution in [2.45, 2.75) is 59.5 Å². The van der Waals surface area contributed by atoms with Crippen LogP contribution in [-0.4, -0.2) is 11.6 Å². The Labute approximate surface area is 128 Å². The molecule has 118 valence electrons. The van der Waals surface area contributed by atoms with Gasteiger partial charge in [0.2, 0.25) is 0 Å². The number of hydrogen-bond acceptors (Lipinski definition) is 2. The highest BCUT2D eigenvalue weighted by Gasteiger charge is 2.26. The van der Waals surface area contributed by atoms with Gasteiger partial charge in [-0.1, -0.05) is 32.9 Å². The van der Waals surface area contributed by atoms with Gasteiger partial charge in [-0.15, -0.1) is 0 Å². The Hall–Kier alpha value is -1.55. The Kier molecular flexibility index (Phi) is 5.40. The van der Waals surface area contributed by atoms with Crippen LogP contribution in [0.25, 0.3) is 0 Å². The Morgan fingerprint density at radius 1 is 1.24 bits per heavy atom. The summed E-state index contributed by atoms with van der Waals surface area (Å²) in [6.07, 6.45) is 0.896. The van der Waals surface area contributed by atoms with E-state index in [9.17, 15) is 4.79 Å². The van der Waals surface area contributed by atoms with Crippen LogP contribution in [0.2, 0.25) is 0 Å². The number of hydrogen-bond donors (Lipinski definition) is 3. The van der Waals surface area contributed by atoms with E-state index < -0.39 is 0 Å². The van der Waals surface area contributed by atoms with Crippen molar-refractivity contribution in [1.82, 2.24) is 5.32 Å². The molecule has 1 atom stereocenters. The third-order valence-corrected chi connectivity index (χ3v) is 3.09. The molecule has 0 fully saturated rings. The number of nitrogens with one attached hydrogen (secondary N) is 2. The maximum Gasteiger partial charge on any atom is 0.319 e. The monoisotopic (exact) mass is 291 g/mol. The fourth-order valence-electron chi connectivity index (χ4n) is 2.74. The molecule has 0 saturated heterocycles. The topological polar surface area (TPSA) is 67.1 Å². The average molecular weight is 291 g/mol. The zero-order chi connectivity index (χ0) is 16.3. The molecule has 0 bridgehead atoms. The average Bonchev–Trinajstić information content (AvgIpc) is 2.24. The molecule has 0 radical (unpaired) electrons. The standard InChI is InChI=1S/C17H29N3O/c1-12(18)13-8-7-9-14(10-13)19-15(21)20-17(5,6)11-16(2,3)4/h7-10,12H,11,18H2,1-6H3,(H2,19,20,21). The predicted octanol–water partition coefficient (Wildman–Crippen LogP) is 4.04. The van der Waals surface area contributed by atoms with Gasteiger partial charge in [0.05, 0.1) is 0 Å². The summed E-state index contributed by atoms with van der Waals surface area (Å²) < 4.78 is 0. The summed E-state index contributed by atoms with van der Waals surface area (Å²) in [4.78, 5) is 12.1. The SMILES string of the molecule is CC(N)c1cccc(NC(=O)NC(C)(C)CC(C)(C)C)c1. The summed E-state index contributed by atoms with van der Waals surface area (Å²) in [5.74, 6) is 0. The van der Waals surface area contributed by atoms with Crippen molar-refractivity contribution in [3.05, 3.63) is 29.8 Å². The minimum atomic E-state index is -0.263. The van der Waals surface area contributed by atoms with Gasteiger partial charge < -0.3 is 16.4 Å². The first-order valence-corrected chi connectivity index (χ1v) is 7.43. The van der Waals surface area contributed by atoms with Gasteiger partial charge in [-0.25, -0.2) is 4.79 Å². The molecule has 4 heteroatoms. The molecule has 4 N–H and O–H groups in total. The molecule has 0 aliphatic rings. The van der Waals surface area contributed by atoms with Gasteiger partial charge in [-0.05, 0) is 50.3 Å². The Balaban J connectivity index is 2.67. The normalized spacial score (nSPS) is 13.7. The van der Waals surface area contributed by atoms with E-state index in [-0.39, 0.29) is 23.0 Å². The van der Waals surface area contributed by atoms with Crippen LogP contribution in [0, 0.1) is 5.41 Å². The van der Waals surface area contributed by atoms with Crippen LogP contribution < -0.4 is 16.4 Å². The molecule has 4 nitrogen and oxygen atoms in total. The molecule has 1 aromatic carbocycles. The lowest BCUT2D eigenvalue weighted by Crippen LogP contribution is -2.47. The van der Waals surface area contributed by atoms with E-state index in [4.69, 9.17) is 5.73 Å². The molecule has 1 rings (SSSR count). The number of anilines is 1. The minimum absolute atomic E-state index is 0.0489. The van der Waals surface area contributed by atoms with Gasteiger partial charge in [0.1, 0.15) is 0 Å². The van der Waals surface area contributed by atoms with Crippen molar-refractivity contribution in [2.24, 2.45) is 11.1 Å². The van der Waals surface area contributed by atoms with Crippen LogP contribution in [0.3, 0.4) is 0 Å². The second kappa shape index (κ2) is 6.48. The van der Waals surface area contributed by atoms with Gasteiger partial charge in [-0.2, -0.15) is 0 Å². The smallest absolute Gasteiger partial charge is 0.319 e. The zero-order valence-electron chi connectivity index (χ0n) is 14.1. The van der Waals surface area contributed by atoms with Gasteiger partial charge in [-0.3, -0.25) is 0 Å². The molecule has 0 aromatic heterocycles. The predicted molar refractivity (Wildman–Crippen MR) is 89.3 cm³/mol. The molecule has 0 aliphatic heterocycles. The van der Waals surface area contributed by atoms with Crippen molar-refractivity contribution < 1.29 is 4.79 Å². The van der Waals surface area contributed by atoms with E-state index in [0.29, 0.717) is 0 Å². The Morgan fingerprint density at radius 2 is 1.86 bits per heavy atom. The molecule has 0 aliphatic carbocycles. The number of amides is 2. The Morgan fingerprint density at radius 3 is 2.38 bits per heavy atom. The van der Waals surface area contributed by atoms with E-state index in [1.54, 1.807) is 0 Å². The summed E-state index contributed by atoms with van der Waals surface area (Å²) >= 11 is 0. The van der Waals surface area contributed by atoms with Crippen LogP contribution >= 0.6 is 0 Å².